The maximum Gasteiger partial charge on any atom is 0.309 e. The van der Waals surface area contributed by atoms with E-state index in [1.54, 1.807) is 0 Å². The van der Waals surface area contributed by atoms with Crippen molar-refractivity contribution in [2.24, 2.45) is 5.41 Å². The second kappa shape index (κ2) is 5.96. The minimum Gasteiger partial charge on any atom is -0.481 e. The minimum atomic E-state index is -0.619. The van der Waals surface area contributed by atoms with Gasteiger partial charge in [0.25, 0.3) is 0 Å². The van der Waals surface area contributed by atoms with Gasteiger partial charge in [-0.1, -0.05) is 30.7 Å². The second-order valence-corrected chi connectivity index (χ2v) is 6.15. The van der Waals surface area contributed by atoms with E-state index < -0.39 is 11.4 Å². The highest BCUT2D eigenvalue weighted by molar-refractivity contribution is 5.74. The van der Waals surface area contributed by atoms with Gasteiger partial charge in [-0.05, 0) is 57.3 Å². The predicted molar refractivity (Wildman–Crippen MR) is 80.8 cm³/mol. The van der Waals surface area contributed by atoms with Crippen LogP contribution in [0.1, 0.15) is 42.9 Å². The van der Waals surface area contributed by atoms with Gasteiger partial charge in [0, 0.05) is 6.54 Å². The Bertz CT molecular complexity index is 488. The van der Waals surface area contributed by atoms with Gasteiger partial charge in [-0.2, -0.15) is 0 Å². The second-order valence-electron chi connectivity index (χ2n) is 6.15. The van der Waals surface area contributed by atoms with E-state index in [1.807, 2.05) is 6.92 Å². The first-order valence-electron chi connectivity index (χ1n) is 7.49. The molecule has 0 unspecified atom stereocenters. The lowest BCUT2D eigenvalue weighted by molar-refractivity contribution is -0.152. The number of aliphatic carboxylic acids is 1. The molecule has 0 spiro atoms. The van der Waals surface area contributed by atoms with Crippen molar-refractivity contribution in [2.75, 3.05) is 13.1 Å². The summed E-state index contributed by atoms with van der Waals surface area (Å²) in [6.45, 7) is 8.96. The first kappa shape index (κ1) is 15.0. The van der Waals surface area contributed by atoms with Crippen LogP contribution in [0.15, 0.2) is 18.2 Å². The van der Waals surface area contributed by atoms with Crippen molar-refractivity contribution in [2.45, 2.75) is 46.6 Å². The lowest BCUT2D eigenvalue weighted by atomic mass is 9.76. The Morgan fingerprint density at radius 1 is 1.30 bits per heavy atom. The van der Waals surface area contributed by atoms with E-state index >= 15 is 0 Å². The van der Waals surface area contributed by atoms with Crippen molar-refractivity contribution >= 4 is 5.97 Å². The fraction of sp³-hybridized carbons (Fsp3) is 0.588. The van der Waals surface area contributed by atoms with E-state index in [9.17, 15) is 9.90 Å². The fourth-order valence-electron chi connectivity index (χ4n) is 3.07. The van der Waals surface area contributed by atoms with E-state index in [0.717, 1.165) is 38.9 Å². The number of rotatable bonds is 4. The molecule has 110 valence electrons. The number of hydrogen-bond acceptors (Lipinski definition) is 2. The number of nitrogens with zero attached hydrogens (tertiary/aromatic N) is 1. The highest BCUT2D eigenvalue weighted by Crippen LogP contribution is 2.35. The molecule has 0 amide bonds. The van der Waals surface area contributed by atoms with Crippen LogP contribution in [0.4, 0.5) is 0 Å². The van der Waals surface area contributed by atoms with Crippen LogP contribution in [-0.2, 0) is 11.3 Å². The van der Waals surface area contributed by atoms with Crippen LogP contribution in [0.5, 0.6) is 0 Å². The molecule has 0 radical (unpaired) electrons. The van der Waals surface area contributed by atoms with E-state index in [0.29, 0.717) is 0 Å². The summed E-state index contributed by atoms with van der Waals surface area (Å²) in [5.41, 5.74) is 3.49. The third-order valence-corrected chi connectivity index (χ3v) is 4.84. The Balaban J connectivity index is 2.01. The topological polar surface area (TPSA) is 40.5 Å². The number of carboxylic acid groups (broad SMARTS) is 1. The number of piperidine rings is 1. The van der Waals surface area contributed by atoms with Crippen LogP contribution in [0, 0.1) is 19.3 Å². The average Bonchev–Trinajstić information content (AvgIpc) is 2.43. The maximum absolute atomic E-state index is 11.5. The Hall–Kier alpha value is -1.35. The Kier molecular flexibility index (Phi) is 4.48. The zero-order valence-electron chi connectivity index (χ0n) is 12.8. The first-order chi connectivity index (χ1) is 9.47. The molecule has 3 nitrogen and oxygen atoms in total. The van der Waals surface area contributed by atoms with Crippen LogP contribution in [0.25, 0.3) is 0 Å². The van der Waals surface area contributed by atoms with E-state index in [4.69, 9.17) is 0 Å². The number of aryl methyl sites for hydroxylation is 2. The lowest BCUT2D eigenvalue weighted by Gasteiger charge is -2.38. The van der Waals surface area contributed by atoms with Gasteiger partial charge >= 0.3 is 5.97 Å². The fourth-order valence-corrected chi connectivity index (χ4v) is 3.07. The summed E-state index contributed by atoms with van der Waals surface area (Å²) < 4.78 is 0. The van der Waals surface area contributed by atoms with E-state index in [-0.39, 0.29) is 0 Å². The Morgan fingerprint density at radius 2 is 1.95 bits per heavy atom. The molecule has 0 aromatic heterocycles. The first-order valence-corrected chi connectivity index (χ1v) is 7.49. The highest BCUT2D eigenvalue weighted by Gasteiger charge is 2.39. The zero-order chi connectivity index (χ0) is 14.8. The average molecular weight is 275 g/mol. The summed E-state index contributed by atoms with van der Waals surface area (Å²) in [5.74, 6) is -0.619. The molecule has 3 heteroatoms. The van der Waals surface area contributed by atoms with Crippen molar-refractivity contribution in [3.63, 3.8) is 0 Å². The van der Waals surface area contributed by atoms with Gasteiger partial charge in [-0.15, -0.1) is 0 Å². The summed E-state index contributed by atoms with van der Waals surface area (Å²) >= 11 is 0. The van der Waals surface area contributed by atoms with Gasteiger partial charge in [0.2, 0.25) is 0 Å². The van der Waals surface area contributed by atoms with Crippen molar-refractivity contribution in [3.8, 4) is 0 Å². The van der Waals surface area contributed by atoms with Gasteiger partial charge in [0.1, 0.15) is 0 Å². The molecule has 20 heavy (non-hydrogen) atoms. The van der Waals surface area contributed by atoms with Crippen LogP contribution in [0.3, 0.4) is 0 Å². The molecular formula is C17H25NO2. The van der Waals surface area contributed by atoms with Crippen LogP contribution >= 0.6 is 0 Å². The smallest absolute Gasteiger partial charge is 0.309 e. The molecule has 1 aromatic carbocycles. The van der Waals surface area contributed by atoms with Crippen molar-refractivity contribution in [1.82, 2.24) is 4.90 Å². The number of hydrogen-bond donors (Lipinski definition) is 1. The van der Waals surface area contributed by atoms with Gasteiger partial charge < -0.3 is 5.11 Å². The van der Waals surface area contributed by atoms with Crippen LogP contribution in [0.2, 0.25) is 0 Å². The molecule has 2 rings (SSSR count). The molecule has 1 N–H and O–H groups in total. The third kappa shape index (κ3) is 3.04. The van der Waals surface area contributed by atoms with Crippen LogP contribution < -0.4 is 0 Å². The summed E-state index contributed by atoms with van der Waals surface area (Å²) in [4.78, 5) is 13.8. The monoisotopic (exact) mass is 275 g/mol. The van der Waals surface area contributed by atoms with Gasteiger partial charge in [-0.25, -0.2) is 0 Å². The number of carboxylic acids is 1. The largest absolute Gasteiger partial charge is 0.481 e. The number of likely N-dealkylation sites (tertiary alicyclic amines) is 1. The summed E-state index contributed by atoms with van der Waals surface area (Å²) in [5, 5.41) is 9.43. The molecule has 1 fully saturated rings. The standard InChI is InChI=1S/C17H25NO2/c1-4-17(16(19)20)7-9-18(10-8-17)12-15-11-13(2)5-6-14(15)3/h5-6,11H,4,7-10,12H2,1-3H3,(H,19,20). The predicted octanol–water partition coefficient (Wildman–Crippen LogP) is 3.38. The quantitative estimate of drug-likeness (QED) is 0.915. The molecule has 1 heterocycles. The van der Waals surface area contributed by atoms with E-state index in [2.05, 4.69) is 36.9 Å². The Labute approximate surface area is 121 Å². The molecule has 1 aliphatic heterocycles. The molecule has 0 aliphatic carbocycles. The van der Waals surface area contributed by atoms with E-state index in [1.165, 1.54) is 16.7 Å². The summed E-state index contributed by atoms with van der Waals surface area (Å²) in [6, 6.07) is 6.55. The van der Waals surface area contributed by atoms with Gasteiger partial charge in [-0.3, -0.25) is 9.69 Å². The van der Waals surface area contributed by atoms with Crippen molar-refractivity contribution in [1.29, 1.82) is 0 Å². The molecule has 1 aliphatic rings. The summed E-state index contributed by atoms with van der Waals surface area (Å²) in [6.07, 6.45) is 2.27. The van der Waals surface area contributed by atoms with Gasteiger partial charge in [0.05, 0.1) is 5.41 Å². The molecule has 0 atom stereocenters. The maximum atomic E-state index is 11.5. The zero-order valence-corrected chi connectivity index (χ0v) is 12.8. The van der Waals surface area contributed by atoms with Gasteiger partial charge in [0.15, 0.2) is 0 Å². The molecule has 0 bridgehead atoms. The Morgan fingerprint density at radius 3 is 2.50 bits per heavy atom. The lowest BCUT2D eigenvalue weighted by Crippen LogP contribution is -2.43. The summed E-state index contributed by atoms with van der Waals surface area (Å²) in [7, 11) is 0. The van der Waals surface area contributed by atoms with Crippen molar-refractivity contribution < 1.29 is 9.90 Å². The van der Waals surface area contributed by atoms with Crippen molar-refractivity contribution in [3.05, 3.63) is 34.9 Å². The normalized spacial score (nSPS) is 18.9. The number of benzene rings is 1. The third-order valence-electron chi connectivity index (χ3n) is 4.84. The molecule has 0 saturated carbocycles. The highest BCUT2D eigenvalue weighted by atomic mass is 16.4. The van der Waals surface area contributed by atoms with Crippen LogP contribution in [-0.4, -0.2) is 29.1 Å². The SMILES string of the molecule is CCC1(C(=O)O)CCN(Cc2cc(C)ccc2C)CC1. The number of carbonyl (C=O) groups is 1. The minimum absolute atomic E-state index is 0.488. The molecule has 1 aromatic rings. The molecule has 1 saturated heterocycles. The molecular weight excluding hydrogens is 250 g/mol.